The van der Waals surface area contributed by atoms with Gasteiger partial charge in [0.05, 0.1) is 12.6 Å². The molecule has 0 spiro atoms. The smallest absolute Gasteiger partial charge is 0.270 e. The summed E-state index contributed by atoms with van der Waals surface area (Å²) >= 11 is 0. The van der Waals surface area contributed by atoms with Crippen LogP contribution in [-0.4, -0.2) is 27.6 Å². The zero-order chi connectivity index (χ0) is 18.1. The SMILES string of the molecule is Cc1nc([C@H](CC2CC2)NC(=O)c2ccc(C)c(OCC3CC3)n2)no1. The number of amides is 1. The molecule has 2 aromatic rings. The van der Waals surface area contributed by atoms with E-state index in [1.165, 1.54) is 25.7 Å². The van der Waals surface area contributed by atoms with Crippen molar-refractivity contribution in [3.8, 4) is 5.88 Å². The van der Waals surface area contributed by atoms with E-state index in [9.17, 15) is 4.79 Å². The van der Waals surface area contributed by atoms with Crippen molar-refractivity contribution in [2.24, 2.45) is 11.8 Å². The maximum atomic E-state index is 12.7. The highest BCUT2D eigenvalue weighted by Gasteiger charge is 2.30. The first-order chi connectivity index (χ1) is 12.6. The molecule has 0 saturated heterocycles. The van der Waals surface area contributed by atoms with E-state index in [0.717, 1.165) is 12.0 Å². The van der Waals surface area contributed by atoms with Crippen LogP contribution in [0.1, 0.15) is 65.9 Å². The Morgan fingerprint density at radius 3 is 2.65 bits per heavy atom. The molecule has 1 amide bonds. The molecule has 7 nitrogen and oxygen atoms in total. The average molecular weight is 356 g/mol. The lowest BCUT2D eigenvalue weighted by atomic mass is 10.1. The third-order valence-electron chi connectivity index (χ3n) is 4.86. The van der Waals surface area contributed by atoms with Crippen molar-refractivity contribution < 1.29 is 14.1 Å². The van der Waals surface area contributed by atoms with Gasteiger partial charge in [0.25, 0.3) is 5.91 Å². The minimum absolute atomic E-state index is 0.241. The molecule has 26 heavy (non-hydrogen) atoms. The lowest BCUT2D eigenvalue weighted by molar-refractivity contribution is 0.0924. The van der Waals surface area contributed by atoms with Crippen molar-refractivity contribution in [1.29, 1.82) is 0 Å². The first kappa shape index (κ1) is 17.0. The first-order valence-electron chi connectivity index (χ1n) is 9.30. The summed E-state index contributed by atoms with van der Waals surface area (Å²) in [7, 11) is 0. The monoisotopic (exact) mass is 356 g/mol. The van der Waals surface area contributed by atoms with Gasteiger partial charge in [-0.2, -0.15) is 4.98 Å². The fourth-order valence-corrected chi connectivity index (χ4v) is 2.87. The molecule has 0 aliphatic heterocycles. The predicted molar refractivity (Wildman–Crippen MR) is 93.8 cm³/mol. The van der Waals surface area contributed by atoms with Gasteiger partial charge in [-0.05, 0) is 44.1 Å². The Morgan fingerprint density at radius 2 is 2.00 bits per heavy atom. The van der Waals surface area contributed by atoms with E-state index in [2.05, 4.69) is 20.4 Å². The molecule has 138 valence electrons. The maximum absolute atomic E-state index is 12.7. The van der Waals surface area contributed by atoms with Crippen molar-refractivity contribution in [3.05, 3.63) is 35.1 Å². The van der Waals surface area contributed by atoms with E-state index in [0.29, 0.717) is 41.7 Å². The van der Waals surface area contributed by atoms with Gasteiger partial charge >= 0.3 is 0 Å². The van der Waals surface area contributed by atoms with E-state index in [4.69, 9.17) is 9.26 Å². The molecule has 0 aromatic carbocycles. The molecule has 0 bridgehead atoms. The molecular weight excluding hydrogens is 332 g/mol. The van der Waals surface area contributed by atoms with Gasteiger partial charge in [-0.3, -0.25) is 4.79 Å². The van der Waals surface area contributed by atoms with Crippen LogP contribution in [0.5, 0.6) is 5.88 Å². The van der Waals surface area contributed by atoms with Gasteiger partial charge in [-0.1, -0.05) is 24.1 Å². The van der Waals surface area contributed by atoms with Gasteiger partial charge in [0, 0.05) is 12.5 Å². The van der Waals surface area contributed by atoms with Crippen LogP contribution in [0, 0.1) is 25.7 Å². The topological polar surface area (TPSA) is 90.1 Å². The molecule has 0 radical (unpaired) electrons. The Kier molecular flexibility index (Phi) is 4.61. The second-order valence-electron chi connectivity index (χ2n) is 7.45. The van der Waals surface area contributed by atoms with Crippen LogP contribution in [0.4, 0.5) is 0 Å². The van der Waals surface area contributed by atoms with Crippen LogP contribution in [-0.2, 0) is 0 Å². The van der Waals surface area contributed by atoms with Crippen LogP contribution >= 0.6 is 0 Å². The lowest BCUT2D eigenvalue weighted by Crippen LogP contribution is -2.30. The molecule has 2 aliphatic rings. The second kappa shape index (κ2) is 7.05. The summed E-state index contributed by atoms with van der Waals surface area (Å²) in [4.78, 5) is 21.4. The number of nitrogens with zero attached hydrogens (tertiary/aromatic N) is 3. The van der Waals surface area contributed by atoms with Gasteiger partial charge in [0.1, 0.15) is 5.69 Å². The number of aryl methyl sites for hydroxylation is 2. The van der Waals surface area contributed by atoms with Crippen molar-refractivity contribution in [2.75, 3.05) is 6.61 Å². The molecule has 0 unspecified atom stereocenters. The first-order valence-corrected chi connectivity index (χ1v) is 9.30. The molecule has 4 rings (SSSR count). The summed E-state index contributed by atoms with van der Waals surface area (Å²) < 4.78 is 10.9. The fraction of sp³-hybridized carbons (Fsp3) is 0.579. The van der Waals surface area contributed by atoms with E-state index in [-0.39, 0.29) is 11.9 Å². The number of carbonyl (C=O) groups is 1. The van der Waals surface area contributed by atoms with Crippen molar-refractivity contribution >= 4 is 5.91 Å². The van der Waals surface area contributed by atoms with Crippen molar-refractivity contribution in [3.63, 3.8) is 0 Å². The number of pyridine rings is 1. The summed E-state index contributed by atoms with van der Waals surface area (Å²) in [6, 6.07) is 3.34. The molecule has 1 N–H and O–H groups in total. The average Bonchev–Trinajstić information content (AvgIpc) is 3.54. The number of nitrogens with one attached hydrogen (secondary N) is 1. The highest BCUT2D eigenvalue weighted by atomic mass is 16.5. The Labute approximate surface area is 152 Å². The van der Waals surface area contributed by atoms with E-state index >= 15 is 0 Å². The van der Waals surface area contributed by atoms with Crippen LogP contribution < -0.4 is 10.1 Å². The number of hydrogen-bond acceptors (Lipinski definition) is 6. The summed E-state index contributed by atoms with van der Waals surface area (Å²) in [6.45, 7) is 4.36. The van der Waals surface area contributed by atoms with Crippen molar-refractivity contribution in [1.82, 2.24) is 20.4 Å². The van der Waals surface area contributed by atoms with Gasteiger partial charge in [-0.15, -0.1) is 0 Å². The molecule has 2 fully saturated rings. The molecule has 2 saturated carbocycles. The molecule has 7 heteroatoms. The number of hydrogen-bond donors (Lipinski definition) is 1. The number of carbonyl (C=O) groups excluding carboxylic acids is 1. The quantitative estimate of drug-likeness (QED) is 0.781. The summed E-state index contributed by atoms with van der Waals surface area (Å²) in [5.41, 5.74) is 1.29. The van der Waals surface area contributed by atoms with Crippen LogP contribution in [0.15, 0.2) is 16.7 Å². The van der Waals surface area contributed by atoms with Gasteiger partial charge in [0.2, 0.25) is 11.8 Å². The summed E-state index contributed by atoms with van der Waals surface area (Å²) in [5.74, 6) is 2.58. The summed E-state index contributed by atoms with van der Waals surface area (Å²) in [5, 5.41) is 7.00. The zero-order valence-corrected chi connectivity index (χ0v) is 15.2. The zero-order valence-electron chi connectivity index (χ0n) is 15.2. The van der Waals surface area contributed by atoms with E-state index < -0.39 is 0 Å². The lowest BCUT2D eigenvalue weighted by Gasteiger charge is -2.15. The Morgan fingerprint density at radius 1 is 1.23 bits per heavy atom. The third kappa shape index (κ3) is 4.20. The van der Waals surface area contributed by atoms with E-state index in [1.807, 2.05) is 13.0 Å². The van der Waals surface area contributed by atoms with Gasteiger partial charge in [0.15, 0.2) is 5.82 Å². The largest absolute Gasteiger partial charge is 0.477 e. The Hall–Kier alpha value is -2.44. The maximum Gasteiger partial charge on any atom is 0.270 e. The number of ether oxygens (including phenoxy) is 1. The standard InChI is InChI=1S/C19H24N4O3/c1-11-3-8-15(22-19(11)25-10-14-6-7-14)18(24)21-16(9-13-4-5-13)17-20-12(2)26-23-17/h3,8,13-14,16H,4-7,9-10H2,1-2H3,(H,21,24)/t16-/m0/s1. The number of rotatable bonds is 8. The Balaban J connectivity index is 1.47. The van der Waals surface area contributed by atoms with E-state index in [1.54, 1.807) is 13.0 Å². The van der Waals surface area contributed by atoms with Crippen molar-refractivity contribution in [2.45, 2.75) is 52.0 Å². The normalized spacial score (nSPS) is 17.8. The molecule has 2 aromatic heterocycles. The van der Waals surface area contributed by atoms with Crippen LogP contribution in [0.25, 0.3) is 0 Å². The summed E-state index contributed by atoms with van der Waals surface area (Å²) in [6.07, 6.45) is 5.62. The predicted octanol–water partition coefficient (Wildman–Crippen LogP) is 3.14. The van der Waals surface area contributed by atoms with Gasteiger partial charge < -0.3 is 14.6 Å². The fourth-order valence-electron chi connectivity index (χ4n) is 2.87. The minimum Gasteiger partial charge on any atom is -0.477 e. The highest BCUT2D eigenvalue weighted by Crippen LogP contribution is 2.37. The third-order valence-corrected chi connectivity index (χ3v) is 4.86. The van der Waals surface area contributed by atoms with Gasteiger partial charge in [-0.25, -0.2) is 4.98 Å². The molecule has 1 atom stereocenters. The minimum atomic E-state index is -0.258. The van der Waals surface area contributed by atoms with Crippen LogP contribution in [0.2, 0.25) is 0 Å². The molecule has 2 aliphatic carbocycles. The highest BCUT2D eigenvalue weighted by molar-refractivity contribution is 5.92. The Bertz CT molecular complexity index is 796. The molecular formula is C19H24N4O3. The number of aromatic nitrogens is 3. The molecule has 2 heterocycles. The second-order valence-corrected chi connectivity index (χ2v) is 7.45. The van der Waals surface area contributed by atoms with Crippen LogP contribution in [0.3, 0.4) is 0 Å².